The average Bonchev–Trinajstić information content (AvgIpc) is 2.90. The largest absolute Gasteiger partial charge is 0.353 e. The first-order valence-corrected chi connectivity index (χ1v) is 8.09. The molecule has 0 radical (unpaired) electrons. The van der Waals surface area contributed by atoms with Crippen molar-refractivity contribution in [2.24, 2.45) is 5.92 Å². The van der Waals surface area contributed by atoms with Gasteiger partial charge in [0.15, 0.2) is 0 Å². The molecule has 2 aliphatic rings. The SMILES string of the molecule is O=C(Cc1ccc(Cl)c(Cl)c1)NC1CCC2NNCC2C1. The van der Waals surface area contributed by atoms with E-state index in [0.717, 1.165) is 31.4 Å². The van der Waals surface area contributed by atoms with E-state index >= 15 is 0 Å². The van der Waals surface area contributed by atoms with E-state index in [2.05, 4.69) is 16.2 Å². The van der Waals surface area contributed by atoms with Gasteiger partial charge in [0.2, 0.25) is 5.91 Å². The number of benzene rings is 1. The van der Waals surface area contributed by atoms with Crippen molar-refractivity contribution in [3.05, 3.63) is 33.8 Å². The molecular weight excluding hydrogens is 309 g/mol. The molecule has 4 nitrogen and oxygen atoms in total. The van der Waals surface area contributed by atoms with Crippen LogP contribution in [0.15, 0.2) is 18.2 Å². The Balaban J connectivity index is 1.53. The lowest BCUT2D eigenvalue weighted by Crippen LogP contribution is -2.44. The highest BCUT2D eigenvalue weighted by atomic mass is 35.5. The third-order valence-corrected chi connectivity index (χ3v) is 5.09. The predicted octanol–water partition coefficient (Wildman–Crippen LogP) is 2.30. The van der Waals surface area contributed by atoms with Crippen LogP contribution in [-0.4, -0.2) is 24.5 Å². The van der Waals surface area contributed by atoms with Gasteiger partial charge in [-0.1, -0.05) is 29.3 Å². The van der Waals surface area contributed by atoms with E-state index < -0.39 is 0 Å². The second kappa shape index (κ2) is 6.53. The molecule has 0 bridgehead atoms. The molecule has 2 fully saturated rings. The van der Waals surface area contributed by atoms with E-state index in [-0.39, 0.29) is 11.9 Å². The first-order valence-electron chi connectivity index (χ1n) is 7.33. The van der Waals surface area contributed by atoms with Crippen LogP contribution in [0, 0.1) is 5.92 Å². The highest BCUT2D eigenvalue weighted by molar-refractivity contribution is 6.42. The maximum absolute atomic E-state index is 12.2. The fourth-order valence-corrected chi connectivity index (χ4v) is 3.57. The standard InChI is InChI=1S/C15H19Cl2N3O/c16-12-3-1-9(5-13(12)17)6-15(21)19-11-2-4-14-10(7-11)8-18-20-14/h1,3,5,10-11,14,18,20H,2,4,6-8H2,(H,19,21). The number of hydrogen-bond acceptors (Lipinski definition) is 3. The second-order valence-corrected chi connectivity index (χ2v) is 6.71. The van der Waals surface area contributed by atoms with Gasteiger partial charge in [0.05, 0.1) is 16.5 Å². The van der Waals surface area contributed by atoms with Crippen LogP contribution in [-0.2, 0) is 11.2 Å². The normalized spacial score (nSPS) is 28.2. The van der Waals surface area contributed by atoms with Gasteiger partial charge in [-0.05, 0) is 42.9 Å². The summed E-state index contributed by atoms with van der Waals surface area (Å²) in [4.78, 5) is 12.2. The van der Waals surface area contributed by atoms with E-state index in [4.69, 9.17) is 23.2 Å². The number of rotatable bonds is 3. The fraction of sp³-hybridized carbons (Fsp3) is 0.533. The van der Waals surface area contributed by atoms with Crippen molar-refractivity contribution in [2.45, 2.75) is 37.8 Å². The van der Waals surface area contributed by atoms with Gasteiger partial charge < -0.3 is 5.32 Å². The number of fused-ring (bicyclic) bond motifs is 1. The number of carbonyl (C=O) groups is 1. The van der Waals surface area contributed by atoms with Crippen LogP contribution in [0.4, 0.5) is 0 Å². The summed E-state index contributed by atoms with van der Waals surface area (Å²) >= 11 is 11.9. The van der Waals surface area contributed by atoms with Gasteiger partial charge in [-0.15, -0.1) is 0 Å². The minimum Gasteiger partial charge on any atom is -0.353 e. The quantitative estimate of drug-likeness (QED) is 0.798. The van der Waals surface area contributed by atoms with Gasteiger partial charge >= 0.3 is 0 Å². The molecule has 21 heavy (non-hydrogen) atoms. The zero-order chi connectivity index (χ0) is 14.8. The summed E-state index contributed by atoms with van der Waals surface area (Å²) in [7, 11) is 0. The van der Waals surface area contributed by atoms with Crippen molar-refractivity contribution in [2.75, 3.05) is 6.54 Å². The van der Waals surface area contributed by atoms with Crippen LogP contribution in [0.25, 0.3) is 0 Å². The third kappa shape index (κ3) is 3.69. The molecular formula is C15H19Cl2N3O. The minimum atomic E-state index is 0.0516. The Morgan fingerprint density at radius 2 is 2.14 bits per heavy atom. The average molecular weight is 328 g/mol. The molecule has 1 aliphatic carbocycles. The Kier molecular flexibility index (Phi) is 4.69. The summed E-state index contributed by atoms with van der Waals surface area (Å²) in [6.45, 7) is 0.990. The van der Waals surface area contributed by atoms with Crippen LogP contribution in [0.2, 0.25) is 10.0 Å². The lowest BCUT2D eigenvalue weighted by Gasteiger charge is -2.31. The summed E-state index contributed by atoms with van der Waals surface area (Å²) < 4.78 is 0. The summed E-state index contributed by atoms with van der Waals surface area (Å²) in [6.07, 6.45) is 3.52. The van der Waals surface area contributed by atoms with Gasteiger partial charge in [0, 0.05) is 18.6 Å². The molecule has 6 heteroatoms. The number of amides is 1. The van der Waals surface area contributed by atoms with E-state index in [0.29, 0.717) is 28.4 Å². The van der Waals surface area contributed by atoms with Crippen LogP contribution >= 0.6 is 23.2 Å². The molecule has 114 valence electrons. The maximum Gasteiger partial charge on any atom is 0.224 e. The molecule has 1 heterocycles. The van der Waals surface area contributed by atoms with Gasteiger partial charge in [0.25, 0.3) is 0 Å². The smallest absolute Gasteiger partial charge is 0.224 e. The second-order valence-electron chi connectivity index (χ2n) is 5.89. The molecule has 0 spiro atoms. The molecule has 3 unspecified atom stereocenters. The Morgan fingerprint density at radius 3 is 2.95 bits per heavy atom. The molecule has 1 aromatic rings. The van der Waals surface area contributed by atoms with Crippen molar-refractivity contribution in [1.29, 1.82) is 0 Å². The van der Waals surface area contributed by atoms with Crippen molar-refractivity contribution in [3.63, 3.8) is 0 Å². The molecule has 3 atom stereocenters. The topological polar surface area (TPSA) is 53.2 Å². The fourth-order valence-electron chi connectivity index (χ4n) is 3.25. The summed E-state index contributed by atoms with van der Waals surface area (Å²) in [5.41, 5.74) is 7.38. The monoisotopic (exact) mass is 327 g/mol. The van der Waals surface area contributed by atoms with Crippen molar-refractivity contribution < 1.29 is 4.79 Å². The molecule has 3 N–H and O–H groups in total. The zero-order valence-electron chi connectivity index (χ0n) is 11.7. The Labute approximate surface area is 134 Å². The van der Waals surface area contributed by atoms with Gasteiger partial charge in [-0.25, -0.2) is 0 Å². The first kappa shape index (κ1) is 15.1. The van der Waals surface area contributed by atoms with Crippen LogP contribution in [0.5, 0.6) is 0 Å². The molecule has 1 aliphatic heterocycles. The number of hydrogen-bond donors (Lipinski definition) is 3. The molecule has 3 rings (SSSR count). The van der Waals surface area contributed by atoms with Crippen LogP contribution in [0.1, 0.15) is 24.8 Å². The molecule has 1 amide bonds. The van der Waals surface area contributed by atoms with Gasteiger partial charge in [0.1, 0.15) is 0 Å². The number of carbonyl (C=O) groups excluding carboxylic acids is 1. The van der Waals surface area contributed by atoms with Gasteiger partial charge in [-0.2, -0.15) is 0 Å². The molecule has 1 saturated heterocycles. The lowest BCUT2D eigenvalue weighted by molar-refractivity contribution is -0.121. The van der Waals surface area contributed by atoms with Gasteiger partial charge in [-0.3, -0.25) is 15.6 Å². The maximum atomic E-state index is 12.2. The number of hydrazine groups is 1. The summed E-state index contributed by atoms with van der Waals surface area (Å²) in [5.74, 6) is 0.671. The van der Waals surface area contributed by atoms with E-state index in [1.165, 1.54) is 0 Å². The lowest BCUT2D eigenvalue weighted by atomic mass is 9.83. The Hall–Kier alpha value is -0.810. The highest BCUT2D eigenvalue weighted by Crippen LogP contribution is 2.27. The Morgan fingerprint density at radius 1 is 1.29 bits per heavy atom. The minimum absolute atomic E-state index is 0.0516. The third-order valence-electron chi connectivity index (χ3n) is 4.35. The molecule has 1 aromatic carbocycles. The van der Waals surface area contributed by atoms with E-state index in [1.54, 1.807) is 12.1 Å². The number of nitrogens with one attached hydrogen (secondary N) is 3. The van der Waals surface area contributed by atoms with E-state index in [9.17, 15) is 4.79 Å². The molecule has 0 aromatic heterocycles. The zero-order valence-corrected chi connectivity index (χ0v) is 13.2. The number of halogens is 2. The van der Waals surface area contributed by atoms with Crippen LogP contribution in [0.3, 0.4) is 0 Å². The van der Waals surface area contributed by atoms with Crippen molar-refractivity contribution in [3.8, 4) is 0 Å². The molecule has 1 saturated carbocycles. The predicted molar refractivity (Wildman–Crippen MR) is 84.4 cm³/mol. The summed E-state index contributed by atoms with van der Waals surface area (Å²) in [6, 6.07) is 6.17. The highest BCUT2D eigenvalue weighted by Gasteiger charge is 2.34. The summed E-state index contributed by atoms with van der Waals surface area (Å²) in [5, 5.41) is 4.15. The van der Waals surface area contributed by atoms with Crippen molar-refractivity contribution >= 4 is 29.1 Å². The van der Waals surface area contributed by atoms with Crippen LogP contribution < -0.4 is 16.2 Å². The van der Waals surface area contributed by atoms with Crippen molar-refractivity contribution in [1.82, 2.24) is 16.2 Å². The van der Waals surface area contributed by atoms with E-state index in [1.807, 2.05) is 6.07 Å². The first-order chi connectivity index (χ1) is 10.1. The Bertz CT molecular complexity index is 538.